The van der Waals surface area contributed by atoms with Gasteiger partial charge in [0.25, 0.3) is 0 Å². The van der Waals surface area contributed by atoms with Crippen LogP contribution in [0.1, 0.15) is 33.3 Å². The quantitative estimate of drug-likeness (QED) is 0.874. The molecule has 1 aliphatic heterocycles. The predicted molar refractivity (Wildman–Crippen MR) is 90.6 cm³/mol. The summed E-state index contributed by atoms with van der Waals surface area (Å²) in [6, 6.07) is 6.79. The topological polar surface area (TPSA) is 44.4 Å². The van der Waals surface area contributed by atoms with Crippen molar-refractivity contribution in [3.05, 3.63) is 28.2 Å². The zero-order valence-electron chi connectivity index (χ0n) is 13.2. The Labute approximate surface area is 135 Å². The van der Waals surface area contributed by atoms with E-state index in [0.29, 0.717) is 12.6 Å². The van der Waals surface area contributed by atoms with E-state index in [1.165, 1.54) is 5.56 Å². The Hall–Kier alpha value is -1.07. The molecule has 1 saturated heterocycles. The highest BCUT2D eigenvalue weighted by atomic mass is 79.9. The lowest BCUT2D eigenvalue weighted by molar-refractivity contribution is -0.126. The zero-order chi connectivity index (χ0) is 15.6. The summed E-state index contributed by atoms with van der Waals surface area (Å²) in [5, 5.41) is 6.35. The number of halogens is 1. The van der Waals surface area contributed by atoms with Gasteiger partial charge in [-0.1, -0.05) is 35.8 Å². The van der Waals surface area contributed by atoms with Gasteiger partial charge in [0, 0.05) is 35.8 Å². The first-order valence-corrected chi connectivity index (χ1v) is 8.19. The molecule has 0 spiro atoms. The highest BCUT2D eigenvalue weighted by Crippen LogP contribution is 2.30. The van der Waals surface area contributed by atoms with Gasteiger partial charge in [-0.15, -0.1) is 0 Å². The molecular formula is C16H24BrN3O. The van der Waals surface area contributed by atoms with Crippen LogP contribution < -0.4 is 15.5 Å². The Morgan fingerprint density at radius 2 is 2.14 bits per heavy atom. The summed E-state index contributed by atoms with van der Waals surface area (Å²) in [7, 11) is 0. The lowest BCUT2D eigenvalue weighted by atomic mass is 9.97. The molecule has 2 rings (SSSR count). The van der Waals surface area contributed by atoms with E-state index in [9.17, 15) is 4.79 Å². The van der Waals surface area contributed by atoms with Gasteiger partial charge in [0.2, 0.25) is 5.91 Å². The summed E-state index contributed by atoms with van der Waals surface area (Å²) < 4.78 is 1.08. The van der Waals surface area contributed by atoms with Crippen molar-refractivity contribution in [1.82, 2.24) is 10.6 Å². The number of hydrogen-bond donors (Lipinski definition) is 2. The molecule has 0 aliphatic carbocycles. The fraction of sp³-hybridized carbons (Fsp3) is 0.562. The summed E-state index contributed by atoms with van der Waals surface area (Å²) in [5.74, 6) is 0.0791. The number of hydrogen-bond acceptors (Lipinski definition) is 3. The zero-order valence-corrected chi connectivity index (χ0v) is 14.8. The summed E-state index contributed by atoms with van der Waals surface area (Å²) in [6.07, 6.45) is 0. The molecule has 0 atom stereocenters. The average molecular weight is 354 g/mol. The first kappa shape index (κ1) is 16.3. The molecule has 1 heterocycles. The molecular weight excluding hydrogens is 330 g/mol. The molecule has 1 fully saturated rings. The summed E-state index contributed by atoms with van der Waals surface area (Å²) in [6.45, 7) is 10.6. The number of benzene rings is 1. The smallest absolute Gasteiger partial charge is 0.245 e. The molecule has 0 aromatic heterocycles. The molecule has 0 bridgehead atoms. The van der Waals surface area contributed by atoms with Gasteiger partial charge < -0.3 is 15.5 Å². The predicted octanol–water partition coefficient (Wildman–Crippen LogP) is 2.66. The second-order valence-electron chi connectivity index (χ2n) is 6.28. The molecule has 1 aromatic rings. The van der Waals surface area contributed by atoms with Crippen LogP contribution in [0, 0.1) is 0 Å². The number of rotatable bonds is 4. The van der Waals surface area contributed by atoms with Gasteiger partial charge in [0.05, 0.1) is 0 Å². The van der Waals surface area contributed by atoms with E-state index in [4.69, 9.17) is 0 Å². The van der Waals surface area contributed by atoms with E-state index in [2.05, 4.69) is 63.5 Å². The Bertz CT molecular complexity index is 528. The molecule has 2 N–H and O–H groups in total. The number of anilines is 1. The number of nitrogens with zero attached hydrogens (tertiary/aromatic N) is 1. The van der Waals surface area contributed by atoms with Crippen LogP contribution in [0.4, 0.5) is 5.69 Å². The maximum atomic E-state index is 12.1. The maximum Gasteiger partial charge on any atom is 0.245 e. The van der Waals surface area contributed by atoms with Crippen molar-refractivity contribution >= 4 is 27.5 Å². The van der Waals surface area contributed by atoms with E-state index in [1.54, 1.807) is 0 Å². The van der Waals surface area contributed by atoms with Crippen molar-refractivity contribution in [1.29, 1.82) is 0 Å². The number of carbonyl (C=O) groups is 1. The first-order valence-electron chi connectivity index (χ1n) is 7.40. The summed E-state index contributed by atoms with van der Waals surface area (Å²) in [5.41, 5.74) is 1.79. The van der Waals surface area contributed by atoms with Crippen LogP contribution in [0.3, 0.4) is 0 Å². The van der Waals surface area contributed by atoms with Crippen LogP contribution in [0.25, 0.3) is 0 Å². The van der Waals surface area contributed by atoms with Gasteiger partial charge in [0.15, 0.2) is 0 Å². The van der Waals surface area contributed by atoms with Gasteiger partial charge in [-0.05, 0) is 31.5 Å². The number of nitrogens with one attached hydrogen (secondary N) is 2. The van der Waals surface area contributed by atoms with E-state index in [-0.39, 0.29) is 5.91 Å². The fourth-order valence-electron chi connectivity index (χ4n) is 2.51. The van der Waals surface area contributed by atoms with Crippen LogP contribution in [-0.2, 0) is 11.3 Å². The van der Waals surface area contributed by atoms with Crippen LogP contribution in [-0.4, -0.2) is 30.6 Å². The molecule has 1 aliphatic rings. The van der Waals surface area contributed by atoms with Gasteiger partial charge in [-0.25, -0.2) is 0 Å². The van der Waals surface area contributed by atoms with E-state index in [1.807, 2.05) is 13.8 Å². The molecule has 4 nitrogen and oxygen atoms in total. The lowest BCUT2D eigenvalue weighted by Crippen LogP contribution is -2.62. The number of piperazine rings is 1. The minimum atomic E-state index is -0.518. The van der Waals surface area contributed by atoms with E-state index < -0.39 is 5.54 Å². The second-order valence-corrected chi connectivity index (χ2v) is 7.13. The Balaban J connectivity index is 2.21. The molecule has 21 heavy (non-hydrogen) atoms. The molecule has 116 valence electrons. The van der Waals surface area contributed by atoms with Crippen molar-refractivity contribution in [2.75, 3.05) is 18.0 Å². The third-order valence-electron chi connectivity index (χ3n) is 3.90. The van der Waals surface area contributed by atoms with E-state index in [0.717, 1.165) is 23.2 Å². The minimum Gasteiger partial charge on any atom is -0.356 e. The number of carbonyl (C=O) groups excluding carboxylic acids is 1. The highest BCUT2D eigenvalue weighted by Gasteiger charge is 2.37. The van der Waals surface area contributed by atoms with Crippen LogP contribution in [0.5, 0.6) is 0 Å². The average Bonchev–Trinajstić information content (AvgIpc) is 2.40. The summed E-state index contributed by atoms with van der Waals surface area (Å²) >= 11 is 3.65. The maximum absolute atomic E-state index is 12.1. The van der Waals surface area contributed by atoms with Gasteiger partial charge >= 0.3 is 0 Å². The van der Waals surface area contributed by atoms with Crippen LogP contribution in [0.2, 0.25) is 0 Å². The van der Waals surface area contributed by atoms with Gasteiger partial charge in [0.1, 0.15) is 5.54 Å². The fourth-order valence-corrected chi connectivity index (χ4v) is 3.02. The first-order chi connectivity index (χ1) is 9.82. The number of amides is 1. The lowest BCUT2D eigenvalue weighted by Gasteiger charge is -2.43. The molecule has 1 aromatic carbocycles. The van der Waals surface area contributed by atoms with Crippen molar-refractivity contribution in [3.63, 3.8) is 0 Å². The van der Waals surface area contributed by atoms with Gasteiger partial charge in [-0.3, -0.25) is 4.79 Å². The second kappa shape index (κ2) is 6.36. The minimum absolute atomic E-state index is 0.0791. The van der Waals surface area contributed by atoms with Crippen molar-refractivity contribution in [2.45, 2.75) is 45.8 Å². The van der Waals surface area contributed by atoms with Crippen LogP contribution >= 0.6 is 15.9 Å². The third-order valence-corrected chi connectivity index (χ3v) is 4.64. The Morgan fingerprint density at radius 3 is 2.76 bits per heavy atom. The molecule has 1 amide bonds. The highest BCUT2D eigenvalue weighted by molar-refractivity contribution is 9.10. The third kappa shape index (κ3) is 3.58. The normalized spacial score (nSPS) is 18.0. The molecule has 5 heteroatoms. The van der Waals surface area contributed by atoms with Crippen molar-refractivity contribution < 1.29 is 4.79 Å². The van der Waals surface area contributed by atoms with E-state index >= 15 is 0 Å². The Morgan fingerprint density at radius 1 is 1.43 bits per heavy atom. The summed E-state index contributed by atoms with van der Waals surface area (Å²) in [4.78, 5) is 14.2. The SMILES string of the molecule is CC(C)NCc1ccc(N2CCNC(=O)C2(C)C)cc1Br. The molecule has 0 radical (unpaired) electrons. The van der Waals surface area contributed by atoms with Crippen molar-refractivity contribution in [2.24, 2.45) is 0 Å². The molecule has 0 unspecified atom stereocenters. The molecule has 0 saturated carbocycles. The van der Waals surface area contributed by atoms with Gasteiger partial charge in [-0.2, -0.15) is 0 Å². The monoisotopic (exact) mass is 353 g/mol. The largest absolute Gasteiger partial charge is 0.356 e. The van der Waals surface area contributed by atoms with Crippen LogP contribution in [0.15, 0.2) is 22.7 Å². The Kier molecular flexibility index (Phi) is 4.94. The van der Waals surface area contributed by atoms with Crippen molar-refractivity contribution in [3.8, 4) is 0 Å². The standard InChI is InChI=1S/C16H24BrN3O/c1-11(2)19-10-12-5-6-13(9-14(12)17)20-8-7-18-15(21)16(20,3)4/h5-6,9,11,19H,7-8,10H2,1-4H3,(H,18,21).